The van der Waals surface area contributed by atoms with Crippen molar-refractivity contribution in [2.24, 2.45) is 0 Å². The van der Waals surface area contributed by atoms with Crippen LogP contribution in [0.15, 0.2) is 36.5 Å². The molecule has 0 unspecified atom stereocenters. The molecule has 0 fully saturated rings. The molecular weight excluding hydrogens is 260 g/mol. The molecule has 0 amide bonds. The number of pyridine rings is 1. The minimum absolute atomic E-state index is 0.0711. The second-order valence-electron chi connectivity index (χ2n) is 3.96. The number of aromatic nitrogens is 1. The summed E-state index contributed by atoms with van der Waals surface area (Å²) in [5.41, 5.74) is 1.23. The molecule has 0 saturated carbocycles. The first-order chi connectivity index (χ1) is 9.60. The normalized spacial score (nSPS) is 9.75. The monoisotopic (exact) mass is 270 g/mol. The van der Waals surface area contributed by atoms with E-state index in [4.69, 9.17) is 10.4 Å². The van der Waals surface area contributed by atoms with Gasteiger partial charge in [-0.25, -0.2) is 0 Å². The molecule has 2 rings (SSSR count). The van der Waals surface area contributed by atoms with Crippen molar-refractivity contribution in [3.05, 3.63) is 57.9 Å². The molecule has 0 spiro atoms. The van der Waals surface area contributed by atoms with E-state index < -0.39 is 4.92 Å². The summed E-state index contributed by atoms with van der Waals surface area (Å²) in [5.74, 6) is 0.0711. The summed E-state index contributed by atoms with van der Waals surface area (Å²) in [6, 6.07) is 9.08. The molecule has 20 heavy (non-hydrogen) atoms. The minimum atomic E-state index is -0.549. The Kier molecular flexibility index (Phi) is 3.77. The van der Waals surface area contributed by atoms with Crippen molar-refractivity contribution in [1.29, 1.82) is 5.26 Å². The highest BCUT2D eigenvalue weighted by Crippen LogP contribution is 2.21. The van der Waals surface area contributed by atoms with E-state index in [1.807, 2.05) is 6.07 Å². The molecule has 0 atom stereocenters. The fraction of sp³-hybridized carbons (Fsp3) is 0.0769. The Balaban J connectivity index is 2.15. The van der Waals surface area contributed by atoms with E-state index in [0.717, 1.165) is 0 Å². The number of aromatic hydroxyl groups is 1. The zero-order valence-corrected chi connectivity index (χ0v) is 10.3. The standard InChI is InChI=1S/C13H10N4O3/c14-6-9-5-11(17(19)20)2-4-13(9)16-7-10-1-3-12(18)8-15-10/h1-5,8,16,18H,7H2. The van der Waals surface area contributed by atoms with E-state index in [2.05, 4.69) is 10.3 Å². The van der Waals surface area contributed by atoms with Crippen molar-refractivity contribution in [3.63, 3.8) is 0 Å². The molecule has 1 aromatic heterocycles. The van der Waals surface area contributed by atoms with Crippen molar-refractivity contribution < 1.29 is 10.0 Å². The number of non-ortho nitro benzene ring substituents is 1. The van der Waals surface area contributed by atoms with E-state index in [-0.39, 0.29) is 17.0 Å². The average molecular weight is 270 g/mol. The fourth-order valence-corrected chi connectivity index (χ4v) is 1.60. The fourth-order valence-electron chi connectivity index (χ4n) is 1.60. The molecular formula is C13H10N4O3. The first kappa shape index (κ1) is 13.3. The topological polar surface area (TPSA) is 112 Å². The maximum Gasteiger partial charge on any atom is 0.270 e. The van der Waals surface area contributed by atoms with E-state index >= 15 is 0 Å². The molecule has 1 aromatic carbocycles. The van der Waals surface area contributed by atoms with E-state index in [1.165, 1.54) is 30.5 Å². The van der Waals surface area contributed by atoms with Gasteiger partial charge in [0.05, 0.1) is 34.6 Å². The van der Waals surface area contributed by atoms with Crippen LogP contribution < -0.4 is 5.32 Å². The molecule has 0 aliphatic carbocycles. The Hall–Kier alpha value is -3.14. The molecule has 1 heterocycles. The molecule has 7 nitrogen and oxygen atoms in total. The first-order valence-electron chi connectivity index (χ1n) is 5.66. The van der Waals surface area contributed by atoms with Gasteiger partial charge in [-0.15, -0.1) is 0 Å². The molecule has 0 radical (unpaired) electrons. The van der Waals surface area contributed by atoms with Gasteiger partial charge in [-0.1, -0.05) is 0 Å². The van der Waals surface area contributed by atoms with Crippen LogP contribution in [0.2, 0.25) is 0 Å². The number of nitro groups is 1. The third-order valence-electron chi connectivity index (χ3n) is 2.60. The van der Waals surface area contributed by atoms with Crippen LogP contribution in [-0.2, 0) is 6.54 Å². The highest BCUT2D eigenvalue weighted by molar-refractivity contribution is 5.61. The number of nitriles is 1. The summed E-state index contributed by atoms with van der Waals surface area (Å²) in [6.45, 7) is 0.340. The number of anilines is 1. The SMILES string of the molecule is N#Cc1cc([N+](=O)[O-])ccc1NCc1ccc(O)cn1. The number of hydrogen-bond acceptors (Lipinski definition) is 6. The highest BCUT2D eigenvalue weighted by Gasteiger charge is 2.10. The third-order valence-corrected chi connectivity index (χ3v) is 2.60. The van der Waals surface area contributed by atoms with Gasteiger partial charge in [0, 0.05) is 12.1 Å². The molecule has 0 aliphatic rings. The number of rotatable bonds is 4. The molecule has 0 bridgehead atoms. The zero-order valence-electron chi connectivity index (χ0n) is 10.3. The Labute approximate surface area is 114 Å². The van der Waals surface area contributed by atoms with Crippen LogP contribution >= 0.6 is 0 Å². The summed E-state index contributed by atoms with van der Waals surface area (Å²) in [5, 5.41) is 31.7. The van der Waals surface area contributed by atoms with Gasteiger partial charge < -0.3 is 10.4 Å². The van der Waals surface area contributed by atoms with Crippen molar-refractivity contribution >= 4 is 11.4 Å². The third kappa shape index (κ3) is 3.00. The smallest absolute Gasteiger partial charge is 0.270 e. The van der Waals surface area contributed by atoms with Crippen LogP contribution in [0.5, 0.6) is 5.75 Å². The van der Waals surface area contributed by atoms with Crippen LogP contribution in [0.1, 0.15) is 11.3 Å². The molecule has 2 N–H and O–H groups in total. The van der Waals surface area contributed by atoms with Crippen LogP contribution in [0, 0.1) is 21.4 Å². The van der Waals surface area contributed by atoms with Gasteiger partial charge in [0.1, 0.15) is 11.8 Å². The van der Waals surface area contributed by atoms with Gasteiger partial charge in [0.25, 0.3) is 5.69 Å². The number of benzene rings is 1. The maximum absolute atomic E-state index is 10.6. The van der Waals surface area contributed by atoms with Crippen LogP contribution in [0.3, 0.4) is 0 Å². The number of nitrogens with one attached hydrogen (secondary N) is 1. The molecule has 2 aromatic rings. The Morgan fingerprint density at radius 2 is 2.20 bits per heavy atom. The lowest BCUT2D eigenvalue weighted by Crippen LogP contribution is -2.03. The number of nitrogens with zero attached hydrogens (tertiary/aromatic N) is 3. The minimum Gasteiger partial charge on any atom is -0.506 e. The van der Waals surface area contributed by atoms with Gasteiger partial charge in [-0.05, 0) is 18.2 Å². The van der Waals surface area contributed by atoms with Crippen molar-refractivity contribution in [2.45, 2.75) is 6.54 Å². The molecule has 0 saturated heterocycles. The van der Waals surface area contributed by atoms with Crippen molar-refractivity contribution in [2.75, 3.05) is 5.32 Å². The Morgan fingerprint density at radius 1 is 1.40 bits per heavy atom. The molecule has 7 heteroatoms. The summed E-state index contributed by atoms with van der Waals surface area (Å²) in [4.78, 5) is 14.1. The second kappa shape index (κ2) is 5.67. The maximum atomic E-state index is 10.6. The lowest BCUT2D eigenvalue weighted by Gasteiger charge is -2.07. The van der Waals surface area contributed by atoms with Gasteiger partial charge in [0.15, 0.2) is 0 Å². The second-order valence-corrected chi connectivity index (χ2v) is 3.96. The van der Waals surface area contributed by atoms with Gasteiger partial charge >= 0.3 is 0 Å². The summed E-state index contributed by atoms with van der Waals surface area (Å²) < 4.78 is 0. The van der Waals surface area contributed by atoms with Gasteiger partial charge in [0.2, 0.25) is 0 Å². The van der Waals surface area contributed by atoms with Crippen molar-refractivity contribution in [3.8, 4) is 11.8 Å². The molecule has 0 aliphatic heterocycles. The Bertz CT molecular complexity index is 677. The average Bonchev–Trinajstić information content (AvgIpc) is 2.46. The summed E-state index contributed by atoms with van der Waals surface area (Å²) in [7, 11) is 0. The van der Waals surface area contributed by atoms with E-state index in [1.54, 1.807) is 6.07 Å². The Morgan fingerprint density at radius 3 is 2.80 bits per heavy atom. The van der Waals surface area contributed by atoms with Crippen LogP contribution in [-0.4, -0.2) is 15.0 Å². The van der Waals surface area contributed by atoms with E-state index in [0.29, 0.717) is 17.9 Å². The van der Waals surface area contributed by atoms with Gasteiger partial charge in [-0.2, -0.15) is 5.26 Å². The largest absolute Gasteiger partial charge is 0.506 e. The van der Waals surface area contributed by atoms with Crippen LogP contribution in [0.25, 0.3) is 0 Å². The quantitative estimate of drug-likeness (QED) is 0.650. The lowest BCUT2D eigenvalue weighted by atomic mass is 10.1. The predicted molar refractivity (Wildman–Crippen MR) is 71.0 cm³/mol. The zero-order chi connectivity index (χ0) is 14.5. The first-order valence-corrected chi connectivity index (χ1v) is 5.66. The number of hydrogen-bond donors (Lipinski definition) is 2. The van der Waals surface area contributed by atoms with Crippen LogP contribution in [0.4, 0.5) is 11.4 Å². The summed E-state index contributed by atoms with van der Waals surface area (Å²) in [6.07, 6.45) is 1.32. The van der Waals surface area contributed by atoms with Gasteiger partial charge in [-0.3, -0.25) is 15.1 Å². The highest BCUT2D eigenvalue weighted by atomic mass is 16.6. The van der Waals surface area contributed by atoms with E-state index in [9.17, 15) is 10.1 Å². The lowest BCUT2D eigenvalue weighted by molar-refractivity contribution is -0.384. The number of nitro benzene ring substituents is 1. The molecule has 100 valence electrons. The predicted octanol–water partition coefficient (Wildman–Crippen LogP) is 2.18. The van der Waals surface area contributed by atoms with Crippen molar-refractivity contribution in [1.82, 2.24) is 4.98 Å². The summed E-state index contributed by atoms with van der Waals surface area (Å²) >= 11 is 0.